The van der Waals surface area contributed by atoms with Crippen molar-refractivity contribution in [3.05, 3.63) is 46.0 Å². The van der Waals surface area contributed by atoms with Crippen molar-refractivity contribution >= 4 is 44.3 Å². The first kappa shape index (κ1) is 22.5. The molecule has 2 aromatic heterocycles. The average Bonchev–Trinajstić information content (AvgIpc) is 3.52. The highest BCUT2D eigenvalue weighted by atomic mass is 32.1. The fourth-order valence-electron chi connectivity index (χ4n) is 4.17. The van der Waals surface area contributed by atoms with E-state index in [9.17, 15) is 14.4 Å². The van der Waals surface area contributed by atoms with Gasteiger partial charge in [0.05, 0.1) is 5.92 Å². The van der Waals surface area contributed by atoms with Gasteiger partial charge in [-0.15, -0.1) is 0 Å². The summed E-state index contributed by atoms with van der Waals surface area (Å²) in [6.45, 7) is 5.25. The molecule has 1 atom stereocenters. The van der Waals surface area contributed by atoms with Crippen LogP contribution in [0.2, 0.25) is 0 Å². The number of hydrogen-bond donors (Lipinski definition) is 2. The van der Waals surface area contributed by atoms with Crippen LogP contribution < -0.4 is 21.1 Å². The topological polar surface area (TPSA) is 109 Å². The largest absolute Gasteiger partial charge is 0.353 e. The number of amides is 2. The summed E-state index contributed by atoms with van der Waals surface area (Å²) < 4.78 is 1.73. The summed E-state index contributed by atoms with van der Waals surface area (Å²) in [4.78, 5) is 49.0. The van der Waals surface area contributed by atoms with Crippen LogP contribution >= 0.6 is 11.3 Å². The zero-order valence-corrected chi connectivity index (χ0v) is 20.2. The number of nitrogens with zero attached hydrogens (tertiary/aromatic N) is 4. The van der Waals surface area contributed by atoms with E-state index in [1.165, 1.54) is 22.2 Å². The summed E-state index contributed by atoms with van der Waals surface area (Å²) in [6, 6.07) is 6.05. The van der Waals surface area contributed by atoms with E-state index >= 15 is 0 Å². The van der Waals surface area contributed by atoms with Crippen LogP contribution in [0.1, 0.15) is 36.8 Å². The van der Waals surface area contributed by atoms with E-state index in [1.54, 1.807) is 0 Å². The van der Waals surface area contributed by atoms with E-state index in [-0.39, 0.29) is 29.8 Å². The quantitative estimate of drug-likeness (QED) is 0.561. The monoisotopic (exact) mass is 480 g/mol. The molecule has 34 heavy (non-hydrogen) atoms. The third-order valence-corrected chi connectivity index (χ3v) is 7.56. The SMILES string of the molecule is Cc1ccc(NC(=O)Cn2cnc3nc(N4CCC[C@H](C(=O)NC5CC5)C4)sc3c2=O)cc1C. The molecule has 2 amide bonds. The van der Waals surface area contributed by atoms with Crippen LogP contribution in [0.25, 0.3) is 10.3 Å². The maximum atomic E-state index is 13.0. The number of piperidine rings is 1. The Labute approximate surface area is 201 Å². The summed E-state index contributed by atoms with van der Waals surface area (Å²) in [5.41, 5.74) is 3.01. The summed E-state index contributed by atoms with van der Waals surface area (Å²) in [5, 5.41) is 6.63. The van der Waals surface area contributed by atoms with Crippen LogP contribution in [0.5, 0.6) is 0 Å². The minimum absolute atomic E-state index is 0.0694. The molecule has 2 aliphatic rings. The van der Waals surface area contributed by atoms with Crippen molar-refractivity contribution in [2.24, 2.45) is 5.92 Å². The second kappa shape index (κ2) is 9.17. The number of aromatic nitrogens is 3. The molecule has 2 N–H and O–H groups in total. The van der Waals surface area contributed by atoms with E-state index in [2.05, 4.69) is 25.5 Å². The summed E-state index contributed by atoms with van der Waals surface area (Å²) in [7, 11) is 0. The number of nitrogens with one attached hydrogen (secondary N) is 2. The molecule has 10 heteroatoms. The molecule has 9 nitrogen and oxygen atoms in total. The molecule has 0 bridgehead atoms. The van der Waals surface area contributed by atoms with Crippen LogP contribution in [0.3, 0.4) is 0 Å². The van der Waals surface area contributed by atoms with Crippen LogP contribution in [0.15, 0.2) is 29.3 Å². The number of aryl methyl sites for hydroxylation is 2. The highest BCUT2D eigenvalue weighted by molar-refractivity contribution is 7.22. The Kier molecular flexibility index (Phi) is 6.07. The van der Waals surface area contributed by atoms with Gasteiger partial charge in [-0.3, -0.25) is 19.0 Å². The summed E-state index contributed by atoms with van der Waals surface area (Å²) in [6.07, 6.45) is 5.27. The molecular weight excluding hydrogens is 452 g/mol. The third kappa shape index (κ3) is 4.82. The number of rotatable bonds is 6. The van der Waals surface area contributed by atoms with Gasteiger partial charge in [0, 0.05) is 24.8 Å². The first-order chi connectivity index (χ1) is 16.4. The van der Waals surface area contributed by atoms with Gasteiger partial charge in [0.15, 0.2) is 10.8 Å². The molecule has 1 aliphatic heterocycles. The fraction of sp³-hybridized carbons (Fsp3) is 0.458. The van der Waals surface area contributed by atoms with E-state index in [0.717, 1.165) is 43.4 Å². The van der Waals surface area contributed by atoms with Crippen LogP contribution in [-0.2, 0) is 16.1 Å². The first-order valence-corrected chi connectivity index (χ1v) is 12.5. The van der Waals surface area contributed by atoms with Gasteiger partial charge in [0.2, 0.25) is 11.8 Å². The van der Waals surface area contributed by atoms with E-state index < -0.39 is 0 Å². The van der Waals surface area contributed by atoms with Gasteiger partial charge < -0.3 is 15.5 Å². The Hall–Kier alpha value is -3.27. The molecule has 1 aromatic carbocycles. The summed E-state index contributed by atoms with van der Waals surface area (Å²) in [5.74, 6) is -0.250. The summed E-state index contributed by atoms with van der Waals surface area (Å²) >= 11 is 1.27. The number of carbonyl (C=O) groups is 2. The van der Waals surface area contributed by atoms with Crippen molar-refractivity contribution in [2.45, 2.75) is 52.1 Å². The lowest BCUT2D eigenvalue weighted by Gasteiger charge is -2.31. The smallest absolute Gasteiger partial charge is 0.273 e. The van der Waals surface area contributed by atoms with Crippen molar-refractivity contribution in [3.8, 4) is 0 Å². The van der Waals surface area contributed by atoms with Crippen molar-refractivity contribution in [3.63, 3.8) is 0 Å². The van der Waals surface area contributed by atoms with Crippen molar-refractivity contribution in [2.75, 3.05) is 23.3 Å². The molecule has 5 rings (SSSR count). The van der Waals surface area contributed by atoms with Crippen LogP contribution in [-0.4, -0.2) is 45.5 Å². The maximum Gasteiger partial charge on any atom is 0.273 e. The molecule has 3 aromatic rings. The number of hydrogen-bond acceptors (Lipinski definition) is 7. The Bertz CT molecular complexity index is 1310. The zero-order valence-electron chi connectivity index (χ0n) is 19.3. The molecule has 3 heterocycles. The van der Waals surface area contributed by atoms with Gasteiger partial charge in [-0.1, -0.05) is 17.4 Å². The second-order valence-electron chi connectivity index (χ2n) is 9.24. The molecule has 2 fully saturated rings. The second-order valence-corrected chi connectivity index (χ2v) is 10.2. The Morgan fingerprint density at radius 3 is 2.76 bits per heavy atom. The third-order valence-electron chi connectivity index (χ3n) is 6.46. The molecule has 178 valence electrons. The Morgan fingerprint density at radius 1 is 1.18 bits per heavy atom. The number of fused-ring (bicyclic) bond motifs is 1. The van der Waals surface area contributed by atoms with Gasteiger partial charge in [0.25, 0.3) is 5.56 Å². The van der Waals surface area contributed by atoms with E-state index in [0.29, 0.717) is 33.8 Å². The lowest BCUT2D eigenvalue weighted by atomic mass is 9.97. The average molecular weight is 481 g/mol. The highest BCUT2D eigenvalue weighted by Gasteiger charge is 2.31. The molecule has 0 spiro atoms. The molecule has 1 saturated carbocycles. The van der Waals surface area contributed by atoms with Crippen LogP contribution in [0.4, 0.5) is 10.8 Å². The van der Waals surface area contributed by atoms with Crippen molar-refractivity contribution < 1.29 is 9.59 Å². The maximum absolute atomic E-state index is 13.0. The van der Waals surface area contributed by atoms with Crippen molar-refractivity contribution in [1.82, 2.24) is 19.9 Å². The van der Waals surface area contributed by atoms with Gasteiger partial charge in [-0.2, -0.15) is 4.98 Å². The van der Waals surface area contributed by atoms with Gasteiger partial charge in [-0.05, 0) is 62.8 Å². The minimum atomic E-state index is -0.295. The van der Waals surface area contributed by atoms with Crippen LogP contribution in [0, 0.1) is 19.8 Å². The normalized spacial score (nSPS) is 18.2. The highest BCUT2D eigenvalue weighted by Crippen LogP contribution is 2.30. The van der Waals surface area contributed by atoms with Crippen molar-refractivity contribution in [1.29, 1.82) is 0 Å². The predicted octanol–water partition coefficient (Wildman–Crippen LogP) is 2.60. The Balaban J connectivity index is 1.29. The Morgan fingerprint density at radius 2 is 2.00 bits per heavy atom. The standard InChI is InChI=1S/C24H28N6O3S/c1-14-5-6-18(10-15(14)2)26-19(31)12-30-13-25-21-20(23(30)33)34-24(28-21)29-9-3-4-16(11-29)22(32)27-17-7-8-17/h5-6,10,13,16-17H,3-4,7-9,11-12H2,1-2H3,(H,26,31)(H,27,32)/t16-/m0/s1. The lowest BCUT2D eigenvalue weighted by Crippen LogP contribution is -2.43. The molecule has 0 unspecified atom stereocenters. The number of benzene rings is 1. The lowest BCUT2D eigenvalue weighted by molar-refractivity contribution is -0.125. The van der Waals surface area contributed by atoms with Gasteiger partial charge >= 0.3 is 0 Å². The number of anilines is 2. The molecule has 1 saturated heterocycles. The van der Waals surface area contributed by atoms with Gasteiger partial charge in [0.1, 0.15) is 17.6 Å². The van der Waals surface area contributed by atoms with Gasteiger partial charge in [-0.25, -0.2) is 4.98 Å². The number of thiazole rings is 1. The molecule has 0 radical (unpaired) electrons. The predicted molar refractivity (Wildman–Crippen MR) is 132 cm³/mol. The zero-order chi connectivity index (χ0) is 23.8. The minimum Gasteiger partial charge on any atom is -0.353 e. The molecule has 1 aliphatic carbocycles. The number of carbonyl (C=O) groups excluding carboxylic acids is 2. The fourth-order valence-corrected chi connectivity index (χ4v) is 5.17. The first-order valence-electron chi connectivity index (χ1n) is 11.7. The molecular formula is C24H28N6O3S. The van der Waals surface area contributed by atoms with E-state index in [1.807, 2.05) is 32.0 Å². The van der Waals surface area contributed by atoms with E-state index in [4.69, 9.17) is 0 Å².